The predicted molar refractivity (Wildman–Crippen MR) is 69.2 cm³/mol. The van der Waals surface area contributed by atoms with Gasteiger partial charge < -0.3 is 9.97 Å². The molecule has 0 amide bonds. The number of hydrogen-bond acceptors (Lipinski definition) is 4. The van der Waals surface area contributed by atoms with E-state index in [-0.39, 0.29) is 11.1 Å². The maximum atomic E-state index is 10.6. The van der Waals surface area contributed by atoms with Crippen LogP contribution in [0.15, 0.2) is 27.9 Å². The van der Waals surface area contributed by atoms with Crippen LogP contribution in [0, 0.1) is 16.5 Å². The first-order valence-corrected chi connectivity index (χ1v) is 5.37. The number of rotatable bonds is 0. The molecule has 17 heavy (non-hydrogen) atoms. The second-order valence-corrected chi connectivity index (χ2v) is 3.88. The number of aryl methyl sites for hydroxylation is 1. The van der Waals surface area contributed by atoms with E-state index >= 15 is 0 Å². The first-order valence-electron chi connectivity index (χ1n) is 4.55. The second kappa shape index (κ2) is 6.06. The summed E-state index contributed by atoms with van der Waals surface area (Å²) in [4.78, 5) is 31.1. The van der Waals surface area contributed by atoms with Crippen molar-refractivity contribution < 1.29 is 0 Å². The molecule has 0 fully saturated rings. The molecule has 0 aliphatic carbocycles. The highest BCUT2D eigenvalue weighted by Crippen LogP contribution is 1.81. The van der Waals surface area contributed by atoms with Crippen LogP contribution in [-0.4, -0.2) is 19.9 Å². The minimum absolute atomic E-state index is 0.156. The molecule has 0 atom stereocenters. The Labute approximate surface area is 106 Å². The molecule has 0 spiro atoms. The summed E-state index contributed by atoms with van der Waals surface area (Å²) < 4.78 is 0.734. The average Bonchev–Trinajstić information content (AvgIpc) is 2.15. The van der Waals surface area contributed by atoms with Gasteiger partial charge in [0.1, 0.15) is 0 Å². The van der Waals surface area contributed by atoms with Gasteiger partial charge in [0.05, 0.1) is 0 Å². The molecule has 0 radical (unpaired) electrons. The number of aromatic nitrogens is 4. The van der Waals surface area contributed by atoms with Gasteiger partial charge in [0.2, 0.25) is 0 Å². The molecular formula is C9H10N4O2S2. The van der Waals surface area contributed by atoms with E-state index in [4.69, 9.17) is 0 Å². The first kappa shape index (κ1) is 13.3. The maximum Gasteiger partial charge on any atom is 0.251 e. The van der Waals surface area contributed by atoms with Crippen LogP contribution >= 0.6 is 24.4 Å². The molecule has 2 heterocycles. The van der Waals surface area contributed by atoms with Gasteiger partial charge in [-0.05, 0) is 31.4 Å². The summed E-state index contributed by atoms with van der Waals surface area (Å²) >= 11 is 9.26. The maximum absolute atomic E-state index is 10.6. The van der Waals surface area contributed by atoms with Gasteiger partial charge in [-0.25, -0.2) is 0 Å². The average molecular weight is 270 g/mol. The fourth-order valence-corrected chi connectivity index (χ4v) is 1.40. The predicted octanol–water partition coefficient (Wildman–Crippen LogP) is 1.17. The topological polar surface area (TPSA) is 97.3 Å². The molecule has 2 aromatic rings. The van der Waals surface area contributed by atoms with E-state index in [1.54, 1.807) is 6.92 Å². The van der Waals surface area contributed by atoms with Crippen LogP contribution in [0.25, 0.3) is 0 Å². The van der Waals surface area contributed by atoms with Crippen LogP contribution in [-0.2, 0) is 0 Å². The van der Waals surface area contributed by atoms with E-state index in [0.29, 0.717) is 9.54 Å². The van der Waals surface area contributed by atoms with Gasteiger partial charge in [-0.15, -0.1) is 0 Å². The first-order chi connectivity index (χ1) is 7.97. The van der Waals surface area contributed by atoms with Crippen molar-refractivity contribution in [3.63, 3.8) is 0 Å². The van der Waals surface area contributed by atoms with E-state index in [0.717, 1.165) is 5.69 Å². The van der Waals surface area contributed by atoms with Crippen LogP contribution in [0.2, 0.25) is 0 Å². The summed E-state index contributed by atoms with van der Waals surface area (Å²) in [6.07, 6.45) is 1.50. The van der Waals surface area contributed by atoms with Gasteiger partial charge in [-0.3, -0.25) is 19.6 Å². The fourth-order valence-electron chi connectivity index (χ4n) is 0.974. The van der Waals surface area contributed by atoms with E-state index in [1.165, 1.54) is 18.3 Å². The molecule has 0 saturated carbocycles. The van der Waals surface area contributed by atoms with Gasteiger partial charge in [0.15, 0.2) is 9.54 Å². The van der Waals surface area contributed by atoms with Gasteiger partial charge >= 0.3 is 0 Å². The Hall–Kier alpha value is -1.80. The number of hydrogen-bond donors (Lipinski definition) is 4. The third kappa shape index (κ3) is 5.18. The molecule has 0 bridgehead atoms. The summed E-state index contributed by atoms with van der Waals surface area (Å²) in [7, 11) is 0. The van der Waals surface area contributed by atoms with Gasteiger partial charge in [0, 0.05) is 24.0 Å². The monoisotopic (exact) mass is 270 g/mol. The van der Waals surface area contributed by atoms with Crippen molar-refractivity contribution in [1.29, 1.82) is 0 Å². The number of nitrogens with one attached hydrogen (secondary N) is 4. The Kier molecular flexibility index (Phi) is 4.73. The summed E-state index contributed by atoms with van der Waals surface area (Å²) in [5.74, 6) is 0. The normalized spacial score (nSPS) is 9.24. The zero-order valence-corrected chi connectivity index (χ0v) is 10.5. The molecule has 6 nitrogen and oxygen atoms in total. The molecule has 0 unspecified atom stereocenters. The molecule has 2 aromatic heterocycles. The lowest BCUT2D eigenvalue weighted by Gasteiger charge is -1.87. The smallest absolute Gasteiger partial charge is 0.251 e. The molecule has 0 saturated heterocycles. The lowest BCUT2D eigenvalue weighted by molar-refractivity contribution is 1.04. The summed E-state index contributed by atoms with van der Waals surface area (Å²) in [5, 5.41) is 0. The zero-order valence-electron chi connectivity index (χ0n) is 8.87. The number of H-pyrrole nitrogens is 4. The summed E-state index contributed by atoms with van der Waals surface area (Å²) in [6.45, 7) is 1.78. The van der Waals surface area contributed by atoms with Crippen LogP contribution in [0.1, 0.15) is 5.69 Å². The van der Waals surface area contributed by atoms with Crippen LogP contribution in [0.5, 0.6) is 0 Å². The standard InChI is InChI=1S/C5H6N2OS.C4H4N2OS/c1-3-2-4(8)7-5(9)6-3;7-3-1-2-5-4(8)6-3/h2H,1H3,(H2,6,7,8,9);1-2H,(H2,5,6,7,8). The molecular weight excluding hydrogens is 260 g/mol. The van der Waals surface area contributed by atoms with Crippen molar-refractivity contribution >= 4 is 24.4 Å². The third-order valence-electron chi connectivity index (χ3n) is 1.58. The van der Waals surface area contributed by atoms with Crippen molar-refractivity contribution in [3.8, 4) is 0 Å². The molecule has 4 N–H and O–H groups in total. The minimum Gasteiger partial charge on any atom is -0.339 e. The van der Waals surface area contributed by atoms with Gasteiger partial charge in [-0.1, -0.05) is 0 Å². The molecule has 90 valence electrons. The van der Waals surface area contributed by atoms with Gasteiger partial charge in [-0.2, -0.15) is 0 Å². The van der Waals surface area contributed by atoms with E-state index in [2.05, 4.69) is 44.4 Å². The van der Waals surface area contributed by atoms with E-state index in [9.17, 15) is 9.59 Å². The van der Waals surface area contributed by atoms with E-state index < -0.39 is 0 Å². The van der Waals surface area contributed by atoms with Crippen LogP contribution in [0.4, 0.5) is 0 Å². The SMILES string of the molecule is Cc1cc(=O)[nH]c(=S)[nH]1.O=c1cc[nH]c(=S)[nH]1. The molecule has 2 rings (SSSR count). The largest absolute Gasteiger partial charge is 0.339 e. The summed E-state index contributed by atoms with van der Waals surface area (Å²) in [6, 6.07) is 2.82. The summed E-state index contributed by atoms with van der Waals surface area (Å²) in [5.41, 5.74) is 0.453. The van der Waals surface area contributed by atoms with Crippen molar-refractivity contribution in [2.75, 3.05) is 0 Å². The highest BCUT2D eigenvalue weighted by Gasteiger charge is 1.83. The highest BCUT2D eigenvalue weighted by atomic mass is 32.1. The van der Waals surface area contributed by atoms with Crippen LogP contribution in [0.3, 0.4) is 0 Å². The Morgan fingerprint density at radius 1 is 1.00 bits per heavy atom. The Morgan fingerprint density at radius 3 is 2.06 bits per heavy atom. The van der Waals surface area contributed by atoms with E-state index in [1.807, 2.05) is 0 Å². The van der Waals surface area contributed by atoms with Crippen molar-refractivity contribution in [2.45, 2.75) is 6.92 Å². The molecule has 0 aliphatic heterocycles. The van der Waals surface area contributed by atoms with Crippen molar-refractivity contribution in [3.05, 3.63) is 54.3 Å². The zero-order chi connectivity index (χ0) is 12.8. The lowest BCUT2D eigenvalue weighted by Crippen LogP contribution is -2.05. The van der Waals surface area contributed by atoms with Gasteiger partial charge in [0.25, 0.3) is 11.1 Å². The Morgan fingerprint density at radius 2 is 1.65 bits per heavy atom. The molecule has 0 aromatic carbocycles. The molecule has 0 aliphatic rings. The van der Waals surface area contributed by atoms with Crippen molar-refractivity contribution in [2.24, 2.45) is 0 Å². The quantitative estimate of drug-likeness (QED) is 0.540. The lowest BCUT2D eigenvalue weighted by atomic mass is 10.5. The number of aromatic amines is 4. The fraction of sp³-hybridized carbons (Fsp3) is 0.111. The van der Waals surface area contributed by atoms with Crippen LogP contribution < -0.4 is 11.1 Å². The second-order valence-electron chi connectivity index (χ2n) is 3.07. The Balaban J connectivity index is 0.000000171. The van der Waals surface area contributed by atoms with Crippen molar-refractivity contribution in [1.82, 2.24) is 19.9 Å². The molecule has 8 heteroatoms. The Bertz CT molecular complexity index is 656. The highest BCUT2D eigenvalue weighted by molar-refractivity contribution is 7.71. The third-order valence-corrected chi connectivity index (χ3v) is 2.00. The minimum atomic E-state index is -0.172.